The Labute approximate surface area is 169 Å². The highest BCUT2D eigenvalue weighted by molar-refractivity contribution is 5.95. The van der Waals surface area contributed by atoms with Crippen molar-refractivity contribution >= 4 is 11.5 Å². The fraction of sp³-hybridized carbons (Fsp3) is 0.208. The molecule has 0 saturated carbocycles. The highest BCUT2D eigenvalue weighted by atomic mass is 16.5. The number of hydrogen-bond acceptors (Lipinski definition) is 4. The average molecular weight is 385 g/mol. The van der Waals surface area contributed by atoms with E-state index in [0.717, 1.165) is 28.8 Å². The maximum atomic E-state index is 10.7. The van der Waals surface area contributed by atoms with Crippen molar-refractivity contribution in [2.75, 3.05) is 12.4 Å². The predicted molar refractivity (Wildman–Crippen MR) is 114 cm³/mol. The number of nitrogens with one attached hydrogen (secondary N) is 2. The maximum absolute atomic E-state index is 10.7. The number of aromatic hydroxyl groups is 1. The molecule has 0 bridgehead atoms. The molecule has 1 aliphatic carbocycles. The van der Waals surface area contributed by atoms with Gasteiger partial charge in [-0.2, -0.15) is 0 Å². The number of methoxy groups -OCH3 is 1. The lowest BCUT2D eigenvalue weighted by molar-refractivity contribution is 0.364. The summed E-state index contributed by atoms with van der Waals surface area (Å²) in [5.74, 6) is 1.36. The van der Waals surface area contributed by atoms with E-state index in [9.17, 15) is 5.11 Å². The quantitative estimate of drug-likeness (QED) is 0.402. The Kier molecular flexibility index (Phi) is 3.98. The summed E-state index contributed by atoms with van der Waals surface area (Å²) in [6.45, 7) is 0. The largest absolute Gasteiger partial charge is 0.507 e. The first kappa shape index (κ1) is 17.6. The topological polar surface area (TPSA) is 91.4 Å². The minimum absolute atomic E-state index is 0.0696. The van der Waals surface area contributed by atoms with Crippen LogP contribution in [0, 0.1) is 11.3 Å². The Morgan fingerprint density at radius 3 is 2.72 bits per heavy atom. The number of phenolic OH excluding ortho intramolecular Hbond substituents is 1. The fourth-order valence-electron chi connectivity index (χ4n) is 5.04. The monoisotopic (exact) mass is 385 g/mol. The molecular formula is C24H23N3O2. The lowest BCUT2D eigenvalue weighted by Gasteiger charge is -2.38. The summed E-state index contributed by atoms with van der Waals surface area (Å²) in [5.41, 5.74) is 12.1. The van der Waals surface area contributed by atoms with Gasteiger partial charge in [-0.05, 0) is 59.4 Å². The molecule has 0 radical (unpaired) electrons. The van der Waals surface area contributed by atoms with Crippen LogP contribution in [-0.2, 0) is 6.42 Å². The molecule has 0 spiro atoms. The molecule has 3 unspecified atom stereocenters. The summed E-state index contributed by atoms with van der Waals surface area (Å²) in [7, 11) is 1.63. The van der Waals surface area contributed by atoms with Crippen molar-refractivity contribution in [2.24, 2.45) is 11.7 Å². The van der Waals surface area contributed by atoms with E-state index in [0.29, 0.717) is 5.75 Å². The number of rotatable bonds is 3. The van der Waals surface area contributed by atoms with Gasteiger partial charge in [-0.25, -0.2) is 0 Å². The van der Waals surface area contributed by atoms with Gasteiger partial charge >= 0.3 is 0 Å². The van der Waals surface area contributed by atoms with Gasteiger partial charge in [0.15, 0.2) is 0 Å². The van der Waals surface area contributed by atoms with Crippen molar-refractivity contribution in [2.45, 2.75) is 18.4 Å². The van der Waals surface area contributed by atoms with Gasteiger partial charge in [-0.3, -0.25) is 5.41 Å². The van der Waals surface area contributed by atoms with Gasteiger partial charge in [0.05, 0.1) is 18.7 Å². The molecule has 0 fully saturated rings. The second-order valence-electron chi connectivity index (χ2n) is 7.78. The number of nitrogens with two attached hydrogens (primary N) is 1. The van der Waals surface area contributed by atoms with Gasteiger partial charge < -0.3 is 20.9 Å². The molecule has 5 rings (SSSR count). The number of benzene rings is 3. The van der Waals surface area contributed by atoms with E-state index in [1.165, 1.54) is 11.1 Å². The first-order chi connectivity index (χ1) is 14.1. The Morgan fingerprint density at radius 2 is 1.93 bits per heavy atom. The van der Waals surface area contributed by atoms with E-state index in [4.69, 9.17) is 15.9 Å². The highest BCUT2D eigenvalue weighted by Crippen LogP contribution is 2.56. The Morgan fingerprint density at radius 1 is 1.10 bits per heavy atom. The molecule has 1 heterocycles. The smallest absolute Gasteiger partial charge is 0.127 e. The average Bonchev–Trinajstić information content (AvgIpc) is 3.12. The SMILES string of the molecule is COc1cccc(O)c1C1Nc2ccc(C(=N)N)cc2C2c3ccccc3CC12. The number of hydrogen-bond donors (Lipinski definition) is 4. The molecular weight excluding hydrogens is 362 g/mol. The zero-order chi connectivity index (χ0) is 20.1. The molecule has 5 nitrogen and oxygen atoms in total. The van der Waals surface area contributed by atoms with Crippen LogP contribution in [0.5, 0.6) is 11.5 Å². The summed E-state index contributed by atoms with van der Waals surface area (Å²) in [5, 5.41) is 22.2. The number of nitrogen functional groups attached to an aromatic ring is 1. The van der Waals surface area contributed by atoms with Crippen LogP contribution in [0.25, 0.3) is 0 Å². The van der Waals surface area contributed by atoms with Crippen LogP contribution in [0.3, 0.4) is 0 Å². The van der Waals surface area contributed by atoms with E-state index < -0.39 is 0 Å². The van der Waals surface area contributed by atoms with E-state index in [1.54, 1.807) is 19.2 Å². The van der Waals surface area contributed by atoms with Crippen LogP contribution in [0.1, 0.15) is 39.8 Å². The van der Waals surface area contributed by atoms with E-state index in [2.05, 4.69) is 29.6 Å². The minimum atomic E-state index is -0.0979. The van der Waals surface area contributed by atoms with Crippen molar-refractivity contribution in [3.63, 3.8) is 0 Å². The van der Waals surface area contributed by atoms with Gasteiger partial charge in [0.2, 0.25) is 0 Å². The van der Waals surface area contributed by atoms with Crippen molar-refractivity contribution in [3.05, 3.63) is 88.5 Å². The van der Waals surface area contributed by atoms with Crippen molar-refractivity contribution in [1.82, 2.24) is 0 Å². The first-order valence-electron chi connectivity index (χ1n) is 9.77. The van der Waals surface area contributed by atoms with Crippen molar-refractivity contribution < 1.29 is 9.84 Å². The van der Waals surface area contributed by atoms with E-state index in [1.807, 2.05) is 24.3 Å². The summed E-state index contributed by atoms with van der Waals surface area (Å²) in [4.78, 5) is 0. The molecule has 3 aromatic carbocycles. The molecule has 29 heavy (non-hydrogen) atoms. The lowest BCUT2D eigenvalue weighted by atomic mass is 9.75. The zero-order valence-electron chi connectivity index (χ0n) is 16.1. The third-order valence-corrected chi connectivity index (χ3v) is 6.28. The second kappa shape index (κ2) is 6.55. The number of anilines is 1. The molecule has 3 atom stereocenters. The highest BCUT2D eigenvalue weighted by Gasteiger charge is 2.44. The van der Waals surface area contributed by atoms with Crippen LogP contribution >= 0.6 is 0 Å². The minimum Gasteiger partial charge on any atom is -0.507 e. The van der Waals surface area contributed by atoms with Gasteiger partial charge in [0.25, 0.3) is 0 Å². The molecule has 0 saturated heterocycles. The van der Waals surface area contributed by atoms with Crippen LogP contribution < -0.4 is 15.8 Å². The molecule has 5 heteroatoms. The van der Waals surface area contributed by atoms with E-state index >= 15 is 0 Å². The maximum Gasteiger partial charge on any atom is 0.127 e. The standard InChI is InChI=1S/C24H23N3O2/c1-29-20-8-4-7-19(28)22(20)23-17-11-13-5-2-3-6-15(13)21(17)16-12-14(24(25)26)9-10-18(16)27-23/h2-10,12,17,21,23,27-28H,11H2,1H3,(H3,25,26). The molecule has 5 N–H and O–H groups in total. The fourth-order valence-corrected chi connectivity index (χ4v) is 5.04. The van der Waals surface area contributed by atoms with E-state index in [-0.39, 0.29) is 29.5 Å². The van der Waals surface area contributed by atoms with Crippen molar-refractivity contribution in [3.8, 4) is 11.5 Å². The molecule has 1 aliphatic heterocycles. The normalized spacial score (nSPS) is 21.5. The summed E-state index contributed by atoms with van der Waals surface area (Å²) < 4.78 is 5.60. The van der Waals surface area contributed by atoms with Gasteiger partial charge in [-0.15, -0.1) is 0 Å². The lowest BCUT2D eigenvalue weighted by Crippen LogP contribution is -2.31. The molecule has 146 valence electrons. The van der Waals surface area contributed by atoms with Crippen LogP contribution in [-0.4, -0.2) is 18.1 Å². The Hall–Kier alpha value is -3.47. The van der Waals surface area contributed by atoms with Gasteiger partial charge in [0, 0.05) is 17.2 Å². The third kappa shape index (κ3) is 2.65. The predicted octanol–water partition coefficient (Wildman–Crippen LogP) is 4.16. The van der Waals surface area contributed by atoms with Gasteiger partial charge in [0.1, 0.15) is 17.3 Å². The summed E-state index contributed by atoms with van der Waals surface area (Å²) in [6.07, 6.45) is 0.903. The first-order valence-corrected chi connectivity index (χ1v) is 9.77. The third-order valence-electron chi connectivity index (χ3n) is 6.28. The van der Waals surface area contributed by atoms with Crippen LogP contribution in [0.2, 0.25) is 0 Å². The second-order valence-corrected chi connectivity index (χ2v) is 7.78. The number of fused-ring (bicyclic) bond motifs is 5. The molecule has 0 amide bonds. The van der Waals surface area contributed by atoms with Crippen LogP contribution in [0.4, 0.5) is 5.69 Å². The van der Waals surface area contributed by atoms with Crippen LogP contribution in [0.15, 0.2) is 60.7 Å². The number of ether oxygens (including phenoxy) is 1. The summed E-state index contributed by atoms with van der Waals surface area (Å²) in [6, 6.07) is 19.7. The Balaban J connectivity index is 1.72. The van der Waals surface area contributed by atoms with Crippen molar-refractivity contribution in [1.29, 1.82) is 5.41 Å². The number of amidine groups is 1. The summed E-state index contributed by atoms with van der Waals surface area (Å²) >= 11 is 0. The molecule has 2 aliphatic rings. The zero-order valence-corrected chi connectivity index (χ0v) is 16.1. The Bertz CT molecular complexity index is 1120. The molecule has 0 aromatic heterocycles. The molecule has 3 aromatic rings. The number of phenols is 1. The van der Waals surface area contributed by atoms with Gasteiger partial charge in [-0.1, -0.05) is 30.3 Å².